The first kappa shape index (κ1) is 17.6. The molecule has 2 aromatic rings. The molecular formula is C19H23N3O2S. The van der Waals surface area contributed by atoms with Crippen LogP contribution in [-0.2, 0) is 17.7 Å². The molecule has 0 spiro atoms. The molecule has 25 heavy (non-hydrogen) atoms. The van der Waals surface area contributed by atoms with Crippen molar-refractivity contribution in [1.82, 2.24) is 4.98 Å². The van der Waals surface area contributed by atoms with Crippen molar-refractivity contribution in [3.05, 3.63) is 46.8 Å². The number of carbonyl (C=O) groups is 1. The van der Waals surface area contributed by atoms with E-state index in [0.717, 1.165) is 41.9 Å². The first-order valence-electron chi connectivity index (χ1n) is 8.52. The van der Waals surface area contributed by atoms with E-state index in [1.807, 2.05) is 30.5 Å². The van der Waals surface area contributed by atoms with Gasteiger partial charge in [0.15, 0.2) is 0 Å². The molecule has 1 aromatic heterocycles. The van der Waals surface area contributed by atoms with Crippen molar-refractivity contribution in [2.24, 2.45) is 5.16 Å². The third-order valence-electron chi connectivity index (χ3n) is 4.43. The monoisotopic (exact) mass is 357 g/mol. The summed E-state index contributed by atoms with van der Waals surface area (Å²) in [7, 11) is 0. The predicted molar refractivity (Wildman–Crippen MR) is 103 cm³/mol. The number of benzene rings is 1. The molecule has 0 unspecified atom stereocenters. The summed E-state index contributed by atoms with van der Waals surface area (Å²) in [4.78, 5) is 21.7. The topological polar surface area (TPSA) is 66.5 Å². The van der Waals surface area contributed by atoms with Gasteiger partial charge in [-0.3, -0.25) is 10.2 Å². The molecule has 5 nitrogen and oxygen atoms in total. The van der Waals surface area contributed by atoms with Crippen LogP contribution in [0.25, 0.3) is 0 Å². The third-order valence-corrected chi connectivity index (χ3v) is 5.16. The summed E-state index contributed by atoms with van der Waals surface area (Å²) in [5, 5.41) is 6.89. The highest BCUT2D eigenvalue weighted by Gasteiger charge is 2.23. The number of hydrogen-bond donors (Lipinski definition) is 2. The van der Waals surface area contributed by atoms with Gasteiger partial charge in [0.25, 0.3) is 0 Å². The number of oxime groups is 1. The van der Waals surface area contributed by atoms with Crippen LogP contribution in [-0.4, -0.2) is 23.0 Å². The van der Waals surface area contributed by atoms with Crippen LogP contribution in [0.2, 0.25) is 0 Å². The Bertz CT molecular complexity index is 811. The average Bonchev–Trinajstić information content (AvgIpc) is 2.95. The molecule has 1 heterocycles. The van der Waals surface area contributed by atoms with Crippen molar-refractivity contribution in [2.75, 3.05) is 11.6 Å². The lowest BCUT2D eigenvalue weighted by molar-refractivity contribution is 0.166. The largest absolute Gasteiger partial charge is 0.437 e. The van der Waals surface area contributed by atoms with Crippen LogP contribution in [0.1, 0.15) is 42.3 Å². The molecule has 0 atom stereocenters. The van der Waals surface area contributed by atoms with E-state index in [9.17, 15) is 4.79 Å². The molecule has 0 aliphatic heterocycles. The average molecular weight is 357 g/mol. The van der Waals surface area contributed by atoms with Crippen LogP contribution < -0.4 is 5.32 Å². The molecule has 6 heteroatoms. The predicted octanol–water partition coefficient (Wildman–Crippen LogP) is 4.90. The maximum Gasteiger partial charge on any atom is 0.437 e. The zero-order chi connectivity index (χ0) is 17.8. The number of aromatic nitrogens is 1. The number of aromatic amines is 1. The smallest absolute Gasteiger partial charge is 0.362 e. The number of carbonyl (C=O) groups excluding carboxylic acids is 1. The molecule has 3 rings (SSSR count). The molecule has 1 aliphatic carbocycles. The van der Waals surface area contributed by atoms with Crippen LogP contribution in [0.3, 0.4) is 0 Å². The Morgan fingerprint density at radius 1 is 1.40 bits per heavy atom. The Kier molecular flexibility index (Phi) is 5.48. The van der Waals surface area contributed by atoms with Gasteiger partial charge in [0.2, 0.25) is 0 Å². The van der Waals surface area contributed by atoms with E-state index in [1.54, 1.807) is 11.8 Å². The van der Waals surface area contributed by atoms with Crippen LogP contribution in [0.15, 0.2) is 34.3 Å². The van der Waals surface area contributed by atoms with Crippen molar-refractivity contribution in [1.29, 1.82) is 0 Å². The minimum atomic E-state index is -0.566. The Morgan fingerprint density at radius 2 is 2.24 bits per heavy atom. The van der Waals surface area contributed by atoms with Gasteiger partial charge >= 0.3 is 6.09 Å². The van der Waals surface area contributed by atoms with Crippen molar-refractivity contribution < 1.29 is 9.63 Å². The number of hydrogen-bond acceptors (Lipinski definition) is 4. The van der Waals surface area contributed by atoms with E-state index < -0.39 is 6.09 Å². The number of fused-ring (bicyclic) bond motifs is 1. The molecule has 132 valence electrons. The Hall–Kier alpha value is -2.21. The quantitative estimate of drug-likeness (QED) is 0.465. The van der Waals surface area contributed by atoms with E-state index in [4.69, 9.17) is 4.84 Å². The normalized spacial score (nSPS) is 15.1. The molecule has 0 saturated heterocycles. The van der Waals surface area contributed by atoms with Crippen molar-refractivity contribution >= 4 is 29.3 Å². The fourth-order valence-electron chi connectivity index (χ4n) is 3.30. The van der Waals surface area contributed by atoms with Gasteiger partial charge in [-0.15, -0.1) is 11.8 Å². The molecule has 0 fully saturated rings. The lowest BCUT2D eigenvalue weighted by Gasteiger charge is -2.15. The lowest BCUT2D eigenvalue weighted by Crippen LogP contribution is -2.16. The number of nitrogens with zero attached hydrogens (tertiary/aromatic N) is 1. The molecule has 1 amide bonds. The summed E-state index contributed by atoms with van der Waals surface area (Å²) in [6.07, 6.45) is 5.21. The molecular weight excluding hydrogens is 334 g/mol. The summed E-state index contributed by atoms with van der Waals surface area (Å²) in [6, 6.07) is 7.63. The second-order valence-corrected chi connectivity index (χ2v) is 6.94. The maximum atomic E-state index is 12.1. The van der Waals surface area contributed by atoms with Crippen molar-refractivity contribution in [3.63, 3.8) is 0 Å². The van der Waals surface area contributed by atoms with Crippen LogP contribution >= 0.6 is 11.8 Å². The van der Waals surface area contributed by atoms with E-state index in [0.29, 0.717) is 5.69 Å². The standard InChI is InChI=1S/C19H23N3O2S/c1-4-15-12(2)20-16-9-6-10-17(18(15)16)22-24-19(23)21-13-7-5-8-14(11-13)25-3/h5,7-8,11,20H,4,6,9-10H2,1-3H3,(H,21,23)/b22-17+. The van der Waals surface area contributed by atoms with Crippen molar-refractivity contribution in [3.8, 4) is 0 Å². The van der Waals surface area contributed by atoms with E-state index in [1.165, 1.54) is 17.0 Å². The van der Waals surface area contributed by atoms with E-state index in [2.05, 4.69) is 29.3 Å². The van der Waals surface area contributed by atoms with Gasteiger partial charge < -0.3 is 4.98 Å². The Balaban J connectivity index is 1.73. The second-order valence-electron chi connectivity index (χ2n) is 6.06. The molecule has 1 aromatic carbocycles. The molecule has 0 bridgehead atoms. The number of rotatable bonds is 4. The van der Waals surface area contributed by atoms with Gasteiger partial charge in [-0.1, -0.05) is 18.1 Å². The van der Waals surface area contributed by atoms with Crippen molar-refractivity contribution in [2.45, 2.75) is 44.4 Å². The first-order chi connectivity index (χ1) is 12.1. The minimum absolute atomic E-state index is 0.566. The molecule has 0 radical (unpaired) electrons. The number of thioether (sulfide) groups is 1. The highest BCUT2D eigenvalue weighted by atomic mass is 32.2. The molecule has 2 N–H and O–H groups in total. The fraction of sp³-hybridized carbons (Fsp3) is 0.368. The Morgan fingerprint density at radius 3 is 3.00 bits per heavy atom. The van der Waals surface area contributed by atoms with Crippen LogP contribution in [0, 0.1) is 6.92 Å². The van der Waals surface area contributed by atoms with Gasteiger partial charge in [0.05, 0.1) is 5.71 Å². The maximum absolute atomic E-state index is 12.1. The lowest BCUT2D eigenvalue weighted by atomic mass is 9.92. The third kappa shape index (κ3) is 3.90. The summed E-state index contributed by atoms with van der Waals surface area (Å²) < 4.78 is 0. The van der Waals surface area contributed by atoms with E-state index >= 15 is 0 Å². The summed E-state index contributed by atoms with van der Waals surface area (Å²) in [6.45, 7) is 4.22. The molecule has 1 aliphatic rings. The van der Waals surface area contributed by atoms with Gasteiger partial charge in [0.1, 0.15) is 0 Å². The van der Waals surface area contributed by atoms with Crippen LogP contribution in [0.4, 0.5) is 10.5 Å². The summed E-state index contributed by atoms with van der Waals surface area (Å²) >= 11 is 1.62. The number of H-pyrrole nitrogens is 1. The summed E-state index contributed by atoms with van der Waals surface area (Å²) in [5.74, 6) is 0. The number of nitrogens with one attached hydrogen (secondary N) is 2. The highest BCUT2D eigenvalue weighted by Crippen LogP contribution is 2.28. The fourth-order valence-corrected chi connectivity index (χ4v) is 3.76. The second kappa shape index (κ2) is 7.78. The zero-order valence-electron chi connectivity index (χ0n) is 14.8. The van der Waals surface area contributed by atoms with E-state index in [-0.39, 0.29) is 0 Å². The van der Waals surface area contributed by atoms with Gasteiger partial charge in [-0.05, 0) is 62.6 Å². The van der Waals surface area contributed by atoms with Gasteiger partial charge in [0, 0.05) is 27.5 Å². The first-order valence-corrected chi connectivity index (χ1v) is 9.74. The summed E-state index contributed by atoms with van der Waals surface area (Å²) in [5.41, 5.74) is 6.36. The number of anilines is 1. The number of aryl methyl sites for hydroxylation is 2. The Labute approximate surface area is 152 Å². The van der Waals surface area contributed by atoms with Gasteiger partial charge in [-0.25, -0.2) is 4.79 Å². The van der Waals surface area contributed by atoms with Gasteiger partial charge in [-0.2, -0.15) is 0 Å². The molecule has 0 saturated carbocycles. The number of amides is 1. The highest BCUT2D eigenvalue weighted by molar-refractivity contribution is 7.98. The van der Waals surface area contributed by atoms with Crippen LogP contribution in [0.5, 0.6) is 0 Å². The SMILES string of the molecule is CCc1c(C)[nH]c2c1/C(=N/OC(=O)Nc1cccc(SC)c1)CCC2. The zero-order valence-corrected chi connectivity index (χ0v) is 15.6. The minimum Gasteiger partial charge on any atom is -0.362 e.